The maximum absolute atomic E-state index is 4.51. The van der Waals surface area contributed by atoms with E-state index in [9.17, 15) is 0 Å². The van der Waals surface area contributed by atoms with Gasteiger partial charge in [-0.15, -0.1) is 24.0 Å². The van der Waals surface area contributed by atoms with E-state index in [1.165, 1.54) is 43.6 Å². The van der Waals surface area contributed by atoms with Crippen LogP contribution < -0.4 is 10.2 Å². The standard InChI is InChI=1S/C18H28N4.HI/c1-3-16(21-11-6-7-12-21)14-20-18(19-2)22-13-10-15-8-4-5-9-17(15)22;/h4-5,8-9,16H,3,6-7,10-14H2,1-2H3,(H,19,20);1H. The second kappa shape index (κ2) is 8.87. The van der Waals surface area contributed by atoms with E-state index in [4.69, 9.17) is 0 Å². The molecular weight excluding hydrogens is 399 g/mol. The van der Waals surface area contributed by atoms with E-state index < -0.39 is 0 Å². The summed E-state index contributed by atoms with van der Waals surface area (Å²) < 4.78 is 0. The zero-order valence-corrected chi connectivity index (χ0v) is 16.6. The molecule has 0 spiro atoms. The summed E-state index contributed by atoms with van der Waals surface area (Å²) in [5.41, 5.74) is 2.74. The summed E-state index contributed by atoms with van der Waals surface area (Å²) in [6, 6.07) is 9.29. The molecule has 1 fully saturated rings. The molecule has 1 aromatic rings. The molecule has 5 heteroatoms. The van der Waals surface area contributed by atoms with Gasteiger partial charge in [0.2, 0.25) is 0 Å². The summed E-state index contributed by atoms with van der Waals surface area (Å²) in [7, 11) is 1.89. The first-order chi connectivity index (χ1) is 10.8. The Bertz CT molecular complexity index is 526. The lowest BCUT2D eigenvalue weighted by Crippen LogP contribution is -2.47. The molecule has 2 aliphatic heterocycles. The highest BCUT2D eigenvalue weighted by Crippen LogP contribution is 2.27. The van der Waals surface area contributed by atoms with E-state index in [1.54, 1.807) is 0 Å². The molecule has 128 valence electrons. The number of hydrogen-bond acceptors (Lipinski definition) is 2. The van der Waals surface area contributed by atoms with Crippen LogP contribution in [0.3, 0.4) is 0 Å². The fourth-order valence-electron chi connectivity index (χ4n) is 3.70. The largest absolute Gasteiger partial charge is 0.354 e. The molecular formula is C18H29IN4. The third kappa shape index (κ3) is 4.18. The zero-order valence-electron chi connectivity index (χ0n) is 14.3. The van der Waals surface area contributed by atoms with Crippen LogP contribution >= 0.6 is 24.0 Å². The number of hydrogen-bond donors (Lipinski definition) is 1. The lowest BCUT2D eigenvalue weighted by Gasteiger charge is -2.29. The number of para-hydroxylation sites is 1. The highest BCUT2D eigenvalue weighted by Gasteiger charge is 2.24. The van der Waals surface area contributed by atoms with E-state index in [-0.39, 0.29) is 24.0 Å². The van der Waals surface area contributed by atoms with Gasteiger partial charge in [-0.05, 0) is 50.4 Å². The van der Waals surface area contributed by atoms with Crippen molar-refractivity contribution in [3.63, 3.8) is 0 Å². The molecule has 4 nitrogen and oxygen atoms in total. The normalized spacial score (nSPS) is 19.4. The highest BCUT2D eigenvalue weighted by molar-refractivity contribution is 14.0. The van der Waals surface area contributed by atoms with Crippen LogP contribution in [0.25, 0.3) is 0 Å². The first-order valence-corrected chi connectivity index (χ1v) is 8.63. The van der Waals surface area contributed by atoms with Gasteiger partial charge in [0.05, 0.1) is 0 Å². The predicted molar refractivity (Wildman–Crippen MR) is 109 cm³/mol. The van der Waals surface area contributed by atoms with Gasteiger partial charge in [-0.3, -0.25) is 9.89 Å². The Balaban J connectivity index is 0.00000192. The van der Waals surface area contributed by atoms with Crippen molar-refractivity contribution < 1.29 is 0 Å². The SMILES string of the molecule is CCC(CNC(=NC)N1CCc2ccccc21)N1CCCC1.I. The fraction of sp³-hybridized carbons (Fsp3) is 0.611. The van der Waals surface area contributed by atoms with Crippen LogP contribution in [0.4, 0.5) is 5.69 Å². The second-order valence-corrected chi connectivity index (χ2v) is 6.26. The molecule has 0 bridgehead atoms. The van der Waals surface area contributed by atoms with Gasteiger partial charge >= 0.3 is 0 Å². The van der Waals surface area contributed by atoms with Crippen molar-refractivity contribution in [3.05, 3.63) is 29.8 Å². The topological polar surface area (TPSA) is 30.9 Å². The summed E-state index contributed by atoms with van der Waals surface area (Å²) in [6.45, 7) is 6.82. The first-order valence-electron chi connectivity index (χ1n) is 8.63. The van der Waals surface area contributed by atoms with Crippen molar-refractivity contribution >= 4 is 35.6 Å². The Morgan fingerprint density at radius 1 is 1.22 bits per heavy atom. The Kier molecular flexibility index (Phi) is 7.14. The molecule has 0 saturated carbocycles. The Labute approximate surface area is 157 Å². The van der Waals surface area contributed by atoms with Gasteiger partial charge in [-0.1, -0.05) is 25.1 Å². The van der Waals surface area contributed by atoms with E-state index in [0.29, 0.717) is 6.04 Å². The molecule has 2 heterocycles. The van der Waals surface area contributed by atoms with Crippen molar-refractivity contribution in [3.8, 4) is 0 Å². The number of nitrogens with zero attached hydrogens (tertiary/aromatic N) is 3. The van der Waals surface area contributed by atoms with Gasteiger partial charge in [0, 0.05) is 31.9 Å². The zero-order chi connectivity index (χ0) is 15.4. The minimum atomic E-state index is 0. The van der Waals surface area contributed by atoms with Crippen LogP contribution in [0.5, 0.6) is 0 Å². The molecule has 3 rings (SSSR count). The number of likely N-dealkylation sites (tertiary alicyclic amines) is 1. The number of aliphatic imine (C=N–C) groups is 1. The molecule has 2 aliphatic rings. The van der Waals surface area contributed by atoms with Gasteiger partial charge in [-0.2, -0.15) is 0 Å². The summed E-state index contributed by atoms with van der Waals surface area (Å²) in [4.78, 5) is 9.46. The fourth-order valence-corrected chi connectivity index (χ4v) is 3.70. The number of anilines is 1. The quantitative estimate of drug-likeness (QED) is 0.454. The van der Waals surface area contributed by atoms with Gasteiger partial charge in [0.25, 0.3) is 0 Å². The molecule has 0 amide bonds. The minimum absolute atomic E-state index is 0. The molecule has 1 N–H and O–H groups in total. The van der Waals surface area contributed by atoms with Crippen molar-refractivity contribution in [1.82, 2.24) is 10.2 Å². The van der Waals surface area contributed by atoms with Crippen molar-refractivity contribution in [2.75, 3.05) is 38.1 Å². The lowest BCUT2D eigenvalue weighted by molar-refractivity contribution is 0.236. The van der Waals surface area contributed by atoms with Crippen LogP contribution in [0.2, 0.25) is 0 Å². The third-order valence-corrected chi connectivity index (χ3v) is 4.98. The number of rotatable bonds is 4. The third-order valence-electron chi connectivity index (χ3n) is 4.98. The highest BCUT2D eigenvalue weighted by atomic mass is 127. The summed E-state index contributed by atoms with van der Waals surface area (Å²) in [5.74, 6) is 1.02. The van der Waals surface area contributed by atoms with Crippen LogP contribution in [0.1, 0.15) is 31.7 Å². The molecule has 1 aromatic carbocycles. The predicted octanol–water partition coefficient (Wildman–Crippen LogP) is 3.12. The van der Waals surface area contributed by atoms with Crippen LogP contribution in [-0.2, 0) is 6.42 Å². The minimum Gasteiger partial charge on any atom is -0.354 e. The van der Waals surface area contributed by atoms with E-state index >= 15 is 0 Å². The van der Waals surface area contributed by atoms with Crippen LogP contribution in [-0.4, -0.2) is 50.1 Å². The summed E-state index contributed by atoms with van der Waals surface area (Å²) in [6.07, 6.45) is 5.01. The van der Waals surface area contributed by atoms with Crippen LogP contribution in [0, 0.1) is 0 Å². The maximum Gasteiger partial charge on any atom is 0.198 e. The molecule has 0 aromatic heterocycles. The smallest absolute Gasteiger partial charge is 0.198 e. The Morgan fingerprint density at radius 3 is 2.65 bits per heavy atom. The number of benzene rings is 1. The first kappa shape index (κ1) is 18.5. The summed E-state index contributed by atoms with van der Waals surface area (Å²) >= 11 is 0. The number of guanidine groups is 1. The van der Waals surface area contributed by atoms with Gasteiger partial charge in [0.1, 0.15) is 0 Å². The van der Waals surface area contributed by atoms with Crippen LogP contribution in [0.15, 0.2) is 29.3 Å². The lowest BCUT2D eigenvalue weighted by atomic mass is 10.2. The van der Waals surface area contributed by atoms with E-state index in [0.717, 1.165) is 25.5 Å². The molecule has 0 radical (unpaired) electrons. The van der Waals surface area contributed by atoms with Crippen molar-refractivity contribution in [1.29, 1.82) is 0 Å². The van der Waals surface area contributed by atoms with E-state index in [2.05, 4.69) is 51.3 Å². The second-order valence-electron chi connectivity index (χ2n) is 6.26. The molecule has 23 heavy (non-hydrogen) atoms. The van der Waals surface area contributed by atoms with E-state index in [1.807, 2.05) is 7.05 Å². The van der Waals surface area contributed by atoms with Gasteiger partial charge < -0.3 is 10.2 Å². The van der Waals surface area contributed by atoms with Gasteiger partial charge in [0.15, 0.2) is 5.96 Å². The molecule has 0 aliphatic carbocycles. The number of nitrogens with one attached hydrogen (secondary N) is 1. The molecule has 1 unspecified atom stereocenters. The Hall–Kier alpha value is -0.820. The average Bonchev–Trinajstić information content (AvgIpc) is 3.22. The number of halogens is 1. The van der Waals surface area contributed by atoms with Crippen molar-refractivity contribution in [2.45, 2.75) is 38.6 Å². The number of fused-ring (bicyclic) bond motifs is 1. The molecule has 1 saturated heterocycles. The molecule has 1 atom stereocenters. The Morgan fingerprint density at radius 2 is 1.96 bits per heavy atom. The summed E-state index contributed by atoms with van der Waals surface area (Å²) in [5, 5.41) is 3.61. The van der Waals surface area contributed by atoms with Crippen molar-refractivity contribution in [2.24, 2.45) is 4.99 Å². The monoisotopic (exact) mass is 428 g/mol. The van der Waals surface area contributed by atoms with Gasteiger partial charge in [-0.25, -0.2) is 0 Å². The average molecular weight is 428 g/mol. The maximum atomic E-state index is 4.51.